The van der Waals surface area contributed by atoms with E-state index in [2.05, 4.69) is 4.98 Å². The third-order valence-corrected chi connectivity index (χ3v) is 5.54. The highest BCUT2D eigenvalue weighted by Crippen LogP contribution is 2.31. The normalized spacial score (nSPS) is 11.2. The third kappa shape index (κ3) is 4.13. The van der Waals surface area contributed by atoms with E-state index in [0.29, 0.717) is 16.5 Å². The van der Waals surface area contributed by atoms with E-state index in [-0.39, 0.29) is 18.1 Å². The summed E-state index contributed by atoms with van der Waals surface area (Å²) in [6, 6.07) is 15.6. The van der Waals surface area contributed by atoms with Crippen LogP contribution in [0.4, 0.5) is 10.8 Å². The molecule has 0 aliphatic rings. The van der Waals surface area contributed by atoms with Gasteiger partial charge in [-0.05, 0) is 42.3 Å². The highest BCUT2D eigenvalue weighted by atomic mass is 32.1. The quantitative estimate of drug-likeness (QED) is 0.239. The van der Waals surface area contributed by atoms with Crippen molar-refractivity contribution in [3.63, 3.8) is 0 Å². The number of carbonyl (C=O) groups is 1. The maximum absolute atomic E-state index is 13.1. The number of para-hydroxylation sites is 1. The van der Waals surface area contributed by atoms with E-state index < -0.39 is 4.92 Å². The number of anilines is 1. The lowest BCUT2D eigenvalue weighted by Crippen LogP contribution is -2.28. The minimum atomic E-state index is -0.466. The summed E-state index contributed by atoms with van der Waals surface area (Å²) in [5.74, 6) is 0.331. The SMILES string of the molecule is Cc1cccc2sc(N(Cc3ccco3)C(=O)/C=C/c3cccc([N+](=O)[O-])c3)nc12. The Hall–Kier alpha value is -3.78. The smallest absolute Gasteiger partial charge is 0.270 e. The number of hydrogen-bond donors (Lipinski definition) is 0. The van der Waals surface area contributed by atoms with E-state index in [9.17, 15) is 14.9 Å². The van der Waals surface area contributed by atoms with Crippen molar-refractivity contribution in [1.29, 1.82) is 0 Å². The lowest BCUT2D eigenvalue weighted by molar-refractivity contribution is -0.384. The standard InChI is InChI=1S/C22H17N3O4S/c1-15-5-2-9-19-21(15)23-22(30-19)24(14-18-8-4-12-29-18)20(26)11-10-16-6-3-7-17(13-16)25(27)28/h2-13H,14H2,1H3/b11-10+. The van der Waals surface area contributed by atoms with Gasteiger partial charge >= 0.3 is 0 Å². The van der Waals surface area contributed by atoms with Crippen molar-refractivity contribution >= 4 is 44.4 Å². The Morgan fingerprint density at radius 1 is 1.23 bits per heavy atom. The minimum Gasteiger partial charge on any atom is -0.467 e. The Labute approximate surface area is 176 Å². The number of fused-ring (bicyclic) bond motifs is 1. The van der Waals surface area contributed by atoms with Crippen LogP contribution < -0.4 is 4.90 Å². The molecular weight excluding hydrogens is 402 g/mol. The number of hydrogen-bond acceptors (Lipinski definition) is 6. The molecule has 0 unspecified atom stereocenters. The number of carbonyl (C=O) groups excluding carboxylic acids is 1. The maximum atomic E-state index is 13.1. The summed E-state index contributed by atoms with van der Waals surface area (Å²) in [5.41, 5.74) is 2.43. The van der Waals surface area contributed by atoms with Crippen LogP contribution in [0, 0.1) is 17.0 Å². The summed E-state index contributed by atoms with van der Waals surface area (Å²) in [5, 5.41) is 11.5. The zero-order valence-corrected chi connectivity index (χ0v) is 16.8. The van der Waals surface area contributed by atoms with E-state index in [1.54, 1.807) is 36.6 Å². The second kappa shape index (κ2) is 8.30. The lowest BCUT2D eigenvalue weighted by atomic mass is 10.2. The van der Waals surface area contributed by atoms with Gasteiger partial charge in [-0.15, -0.1) is 0 Å². The number of benzene rings is 2. The molecule has 4 aromatic rings. The average Bonchev–Trinajstić information content (AvgIpc) is 3.40. The second-order valence-corrected chi connectivity index (χ2v) is 7.62. The Morgan fingerprint density at radius 3 is 2.80 bits per heavy atom. The number of thiazole rings is 1. The summed E-state index contributed by atoms with van der Waals surface area (Å²) >= 11 is 1.43. The first kappa shape index (κ1) is 19.5. The molecule has 0 aliphatic heterocycles. The first-order valence-corrected chi connectivity index (χ1v) is 9.95. The largest absolute Gasteiger partial charge is 0.467 e. The number of nitro benzene ring substituents is 1. The van der Waals surface area contributed by atoms with Crippen LogP contribution in [0.5, 0.6) is 0 Å². The van der Waals surface area contributed by atoms with Crippen LogP contribution in [0.25, 0.3) is 16.3 Å². The molecule has 7 nitrogen and oxygen atoms in total. The van der Waals surface area contributed by atoms with Gasteiger partial charge < -0.3 is 4.42 Å². The molecule has 30 heavy (non-hydrogen) atoms. The number of nitrogens with zero attached hydrogens (tertiary/aromatic N) is 3. The van der Waals surface area contributed by atoms with Gasteiger partial charge in [-0.3, -0.25) is 19.8 Å². The molecule has 0 radical (unpaired) electrons. The van der Waals surface area contributed by atoms with E-state index in [4.69, 9.17) is 4.42 Å². The number of nitro groups is 1. The van der Waals surface area contributed by atoms with Gasteiger partial charge in [0.2, 0.25) is 0 Å². The van der Waals surface area contributed by atoms with Crippen molar-refractivity contribution < 1.29 is 14.1 Å². The highest BCUT2D eigenvalue weighted by molar-refractivity contribution is 7.22. The van der Waals surface area contributed by atoms with Crippen LogP contribution in [0.15, 0.2) is 71.4 Å². The van der Waals surface area contributed by atoms with Gasteiger partial charge in [-0.1, -0.05) is 35.6 Å². The Kier molecular flexibility index (Phi) is 5.40. The van der Waals surface area contributed by atoms with Crippen molar-refractivity contribution in [2.24, 2.45) is 0 Å². The zero-order valence-electron chi connectivity index (χ0n) is 16.0. The Morgan fingerprint density at radius 2 is 2.07 bits per heavy atom. The molecule has 8 heteroatoms. The molecule has 1 amide bonds. The fraction of sp³-hybridized carbons (Fsp3) is 0.0909. The molecular formula is C22H17N3O4S. The summed E-state index contributed by atoms with van der Waals surface area (Å²) in [7, 11) is 0. The first-order valence-electron chi connectivity index (χ1n) is 9.14. The maximum Gasteiger partial charge on any atom is 0.270 e. The van der Waals surface area contributed by atoms with Crippen LogP contribution in [-0.4, -0.2) is 15.8 Å². The Bertz CT molecular complexity index is 1240. The Balaban J connectivity index is 1.66. The van der Waals surface area contributed by atoms with Gasteiger partial charge in [0.05, 0.1) is 27.9 Å². The number of aromatic nitrogens is 1. The molecule has 0 atom stereocenters. The summed E-state index contributed by atoms with van der Waals surface area (Å²) < 4.78 is 6.41. The zero-order chi connectivity index (χ0) is 21.1. The summed E-state index contributed by atoms with van der Waals surface area (Å²) in [4.78, 5) is 29.8. The van der Waals surface area contributed by atoms with Crippen molar-refractivity contribution in [2.45, 2.75) is 13.5 Å². The van der Waals surface area contributed by atoms with Crippen LogP contribution >= 0.6 is 11.3 Å². The minimum absolute atomic E-state index is 0.0290. The number of rotatable bonds is 6. The predicted molar refractivity (Wildman–Crippen MR) is 116 cm³/mol. The van der Waals surface area contributed by atoms with Crippen molar-refractivity contribution in [3.8, 4) is 0 Å². The number of non-ortho nitro benzene ring substituents is 1. The molecule has 0 N–H and O–H groups in total. The van der Waals surface area contributed by atoms with Crippen LogP contribution in [0.3, 0.4) is 0 Å². The molecule has 0 aliphatic carbocycles. The third-order valence-electron chi connectivity index (χ3n) is 4.50. The highest BCUT2D eigenvalue weighted by Gasteiger charge is 2.20. The predicted octanol–water partition coefficient (Wildman–Crippen LogP) is 5.35. The molecule has 4 rings (SSSR count). The summed E-state index contributed by atoms with van der Waals surface area (Å²) in [6.45, 7) is 2.21. The van der Waals surface area contributed by atoms with Crippen LogP contribution in [0.1, 0.15) is 16.9 Å². The molecule has 0 saturated carbocycles. The van der Waals surface area contributed by atoms with Gasteiger partial charge in [-0.2, -0.15) is 0 Å². The fourth-order valence-electron chi connectivity index (χ4n) is 2.99. The van der Waals surface area contributed by atoms with E-state index in [1.807, 2.05) is 25.1 Å². The topological polar surface area (TPSA) is 89.5 Å². The number of aryl methyl sites for hydroxylation is 1. The van der Waals surface area contributed by atoms with E-state index in [1.165, 1.54) is 34.4 Å². The summed E-state index contributed by atoms with van der Waals surface area (Å²) in [6.07, 6.45) is 4.50. The van der Waals surface area contributed by atoms with Crippen molar-refractivity contribution in [2.75, 3.05) is 4.90 Å². The first-order chi connectivity index (χ1) is 14.5. The second-order valence-electron chi connectivity index (χ2n) is 6.61. The lowest BCUT2D eigenvalue weighted by Gasteiger charge is -2.16. The van der Waals surface area contributed by atoms with E-state index in [0.717, 1.165) is 15.8 Å². The average molecular weight is 419 g/mol. The number of furan rings is 1. The van der Waals surface area contributed by atoms with Gasteiger partial charge in [0.15, 0.2) is 5.13 Å². The van der Waals surface area contributed by atoms with Gasteiger partial charge in [0.25, 0.3) is 11.6 Å². The van der Waals surface area contributed by atoms with Crippen LogP contribution in [-0.2, 0) is 11.3 Å². The molecule has 2 aromatic carbocycles. The van der Waals surface area contributed by atoms with Crippen LogP contribution in [0.2, 0.25) is 0 Å². The monoisotopic (exact) mass is 419 g/mol. The molecule has 2 aromatic heterocycles. The molecule has 2 heterocycles. The van der Waals surface area contributed by atoms with Crippen molar-refractivity contribution in [3.05, 3.63) is 93.9 Å². The molecule has 0 bridgehead atoms. The van der Waals surface area contributed by atoms with Crippen molar-refractivity contribution in [1.82, 2.24) is 4.98 Å². The van der Waals surface area contributed by atoms with Gasteiger partial charge in [0, 0.05) is 18.2 Å². The van der Waals surface area contributed by atoms with Gasteiger partial charge in [0.1, 0.15) is 5.76 Å². The molecule has 150 valence electrons. The number of amides is 1. The van der Waals surface area contributed by atoms with Gasteiger partial charge in [-0.25, -0.2) is 4.98 Å². The van der Waals surface area contributed by atoms with E-state index >= 15 is 0 Å². The molecule has 0 spiro atoms. The molecule has 0 fully saturated rings. The molecule has 0 saturated heterocycles. The fourth-order valence-corrected chi connectivity index (χ4v) is 4.04.